The van der Waals surface area contributed by atoms with Crippen molar-refractivity contribution in [2.45, 2.75) is 0 Å². The summed E-state index contributed by atoms with van der Waals surface area (Å²) in [5.41, 5.74) is 0.744. The van der Waals surface area contributed by atoms with Crippen LogP contribution >= 0.6 is 47.2 Å². The van der Waals surface area contributed by atoms with Gasteiger partial charge in [-0.2, -0.15) is 0 Å². The number of hydrogen-bond donors (Lipinski definition) is 1. The van der Waals surface area contributed by atoms with Crippen LogP contribution in [0.25, 0.3) is 6.08 Å². The van der Waals surface area contributed by atoms with Gasteiger partial charge in [-0.15, -0.1) is 0 Å². The van der Waals surface area contributed by atoms with Crippen molar-refractivity contribution in [3.8, 4) is 0 Å². The molecule has 0 bridgehead atoms. The molecule has 1 N–H and O–H groups in total. The van der Waals surface area contributed by atoms with Crippen LogP contribution in [0.2, 0.25) is 10.0 Å². The highest BCUT2D eigenvalue weighted by molar-refractivity contribution is 8.26. The fourth-order valence-electron chi connectivity index (χ4n) is 1.18. The van der Waals surface area contributed by atoms with Gasteiger partial charge in [0, 0.05) is 10.0 Å². The Morgan fingerprint density at radius 1 is 1.38 bits per heavy atom. The van der Waals surface area contributed by atoms with Crippen molar-refractivity contribution in [2.24, 2.45) is 0 Å². The fourth-order valence-corrected chi connectivity index (χ4v) is 2.68. The molecule has 2 nitrogen and oxygen atoms in total. The largest absolute Gasteiger partial charge is 0.307 e. The van der Waals surface area contributed by atoms with E-state index in [-0.39, 0.29) is 5.91 Å². The Balaban J connectivity index is 2.36. The van der Waals surface area contributed by atoms with Gasteiger partial charge in [0.1, 0.15) is 4.32 Å². The number of thiocarbonyl (C=S) groups is 1. The molecule has 1 fully saturated rings. The second-order valence-corrected chi connectivity index (χ2v) is 5.58. The third-order valence-corrected chi connectivity index (χ3v) is 3.62. The molecule has 16 heavy (non-hydrogen) atoms. The van der Waals surface area contributed by atoms with E-state index >= 15 is 0 Å². The minimum Gasteiger partial charge on any atom is -0.307 e. The van der Waals surface area contributed by atoms with Crippen molar-refractivity contribution in [1.82, 2.24) is 5.32 Å². The van der Waals surface area contributed by atoms with Crippen molar-refractivity contribution in [2.75, 3.05) is 0 Å². The lowest BCUT2D eigenvalue weighted by Crippen LogP contribution is -2.17. The van der Waals surface area contributed by atoms with E-state index in [1.165, 1.54) is 11.8 Å². The van der Waals surface area contributed by atoms with Crippen LogP contribution < -0.4 is 5.32 Å². The SMILES string of the molecule is O=C1NC(=S)S/C1=C\c1ccc(Cl)cc1Cl. The number of rotatable bonds is 1. The Hall–Kier alpha value is -0.550. The monoisotopic (exact) mass is 289 g/mol. The van der Waals surface area contributed by atoms with Gasteiger partial charge < -0.3 is 5.32 Å². The minimum absolute atomic E-state index is 0.194. The van der Waals surface area contributed by atoms with Crippen LogP contribution in [0.1, 0.15) is 5.56 Å². The summed E-state index contributed by atoms with van der Waals surface area (Å²) in [6.07, 6.45) is 1.69. The number of carbonyl (C=O) groups is 1. The molecule has 0 radical (unpaired) electrons. The highest BCUT2D eigenvalue weighted by atomic mass is 35.5. The van der Waals surface area contributed by atoms with Crippen LogP contribution in [0.5, 0.6) is 0 Å². The molecule has 1 aromatic rings. The molecule has 1 saturated heterocycles. The molecule has 82 valence electrons. The first-order valence-corrected chi connectivity index (χ1v) is 6.24. The molecule has 1 heterocycles. The van der Waals surface area contributed by atoms with Crippen molar-refractivity contribution in [3.05, 3.63) is 38.7 Å². The second kappa shape index (κ2) is 4.75. The van der Waals surface area contributed by atoms with Crippen LogP contribution in [0.15, 0.2) is 23.1 Å². The number of amides is 1. The Kier molecular flexibility index (Phi) is 3.54. The summed E-state index contributed by atoms with van der Waals surface area (Å²) in [5, 5.41) is 3.60. The first-order valence-electron chi connectivity index (χ1n) is 4.26. The smallest absolute Gasteiger partial charge is 0.263 e. The lowest BCUT2D eigenvalue weighted by Gasteiger charge is -1.99. The van der Waals surface area contributed by atoms with Gasteiger partial charge in [-0.3, -0.25) is 4.79 Å². The summed E-state index contributed by atoms with van der Waals surface area (Å²) in [5.74, 6) is -0.194. The Bertz CT molecular complexity index is 514. The zero-order valence-electron chi connectivity index (χ0n) is 7.79. The fraction of sp³-hybridized carbons (Fsp3) is 0. The van der Waals surface area contributed by atoms with E-state index in [2.05, 4.69) is 5.32 Å². The Morgan fingerprint density at radius 2 is 2.12 bits per heavy atom. The zero-order valence-corrected chi connectivity index (χ0v) is 10.9. The minimum atomic E-state index is -0.194. The summed E-state index contributed by atoms with van der Waals surface area (Å²) in [6, 6.07) is 5.11. The predicted molar refractivity (Wildman–Crippen MR) is 72.8 cm³/mol. The molecule has 6 heteroatoms. The predicted octanol–water partition coefficient (Wildman–Crippen LogP) is 3.48. The molecule has 1 aliphatic rings. The molecule has 0 unspecified atom stereocenters. The van der Waals surface area contributed by atoms with E-state index in [4.69, 9.17) is 35.4 Å². The molecule has 0 aromatic heterocycles. The van der Waals surface area contributed by atoms with Gasteiger partial charge in [-0.1, -0.05) is 53.2 Å². The van der Waals surface area contributed by atoms with E-state index < -0.39 is 0 Å². The average molecular weight is 290 g/mol. The highest BCUT2D eigenvalue weighted by Gasteiger charge is 2.22. The van der Waals surface area contributed by atoms with E-state index in [1.807, 2.05) is 0 Å². The zero-order chi connectivity index (χ0) is 11.7. The van der Waals surface area contributed by atoms with Crippen molar-refractivity contribution in [3.63, 3.8) is 0 Å². The molecule has 2 rings (SSSR count). The third kappa shape index (κ3) is 2.58. The summed E-state index contributed by atoms with van der Waals surface area (Å²) in [7, 11) is 0. The standard InChI is InChI=1S/C10H5Cl2NOS2/c11-6-2-1-5(7(12)4-6)3-8-9(14)13-10(15)16-8/h1-4H,(H,13,14,15)/b8-3-. The van der Waals surface area contributed by atoms with Crippen LogP contribution in [0, 0.1) is 0 Å². The van der Waals surface area contributed by atoms with Gasteiger partial charge in [-0.25, -0.2) is 0 Å². The maximum atomic E-state index is 11.4. The van der Waals surface area contributed by atoms with E-state index in [0.29, 0.717) is 19.3 Å². The Morgan fingerprint density at radius 3 is 2.69 bits per heavy atom. The van der Waals surface area contributed by atoms with Gasteiger partial charge in [-0.05, 0) is 23.8 Å². The van der Waals surface area contributed by atoms with Crippen molar-refractivity contribution < 1.29 is 4.79 Å². The normalized spacial score (nSPS) is 18.0. The summed E-state index contributed by atoms with van der Waals surface area (Å²) >= 11 is 17.9. The lowest BCUT2D eigenvalue weighted by atomic mass is 10.2. The van der Waals surface area contributed by atoms with Gasteiger partial charge in [0.05, 0.1) is 4.91 Å². The molecule has 0 atom stereocenters. The number of carbonyl (C=O) groups excluding carboxylic acids is 1. The summed E-state index contributed by atoms with van der Waals surface area (Å²) < 4.78 is 0.460. The van der Waals surface area contributed by atoms with Crippen LogP contribution in [-0.2, 0) is 4.79 Å². The molecular weight excluding hydrogens is 285 g/mol. The number of thioether (sulfide) groups is 1. The molecule has 0 aliphatic carbocycles. The van der Waals surface area contributed by atoms with Crippen molar-refractivity contribution >= 4 is 63.5 Å². The average Bonchev–Trinajstić information content (AvgIpc) is 2.50. The molecule has 1 aromatic carbocycles. The third-order valence-electron chi connectivity index (χ3n) is 1.89. The van der Waals surface area contributed by atoms with Gasteiger partial charge in [0.2, 0.25) is 0 Å². The van der Waals surface area contributed by atoms with E-state index in [9.17, 15) is 4.79 Å². The molecular formula is C10H5Cl2NOS2. The summed E-state index contributed by atoms with van der Waals surface area (Å²) in [6.45, 7) is 0. The van der Waals surface area contributed by atoms with Gasteiger partial charge in [0.25, 0.3) is 5.91 Å². The topological polar surface area (TPSA) is 29.1 Å². The number of benzene rings is 1. The van der Waals surface area contributed by atoms with Gasteiger partial charge in [0.15, 0.2) is 0 Å². The number of halogens is 2. The maximum absolute atomic E-state index is 11.4. The van der Waals surface area contributed by atoms with Crippen LogP contribution in [0.4, 0.5) is 0 Å². The Labute approximate surface area is 112 Å². The molecule has 1 amide bonds. The second-order valence-electron chi connectivity index (χ2n) is 3.02. The lowest BCUT2D eigenvalue weighted by molar-refractivity contribution is -0.115. The first kappa shape index (κ1) is 11.9. The van der Waals surface area contributed by atoms with E-state index in [0.717, 1.165) is 5.56 Å². The molecule has 0 spiro atoms. The quantitative estimate of drug-likeness (QED) is 0.634. The van der Waals surface area contributed by atoms with Crippen LogP contribution in [-0.4, -0.2) is 10.2 Å². The van der Waals surface area contributed by atoms with Crippen molar-refractivity contribution in [1.29, 1.82) is 0 Å². The highest BCUT2D eigenvalue weighted by Crippen LogP contribution is 2.29. The molecule has 0 saturated carbocycles. The first-order chi connectivity index (χ1) is 7.56. The summed E-state index contributed by atoms with van der Waals surface area (Å²) in [4.78, 5) is 11.9. The van der Waals surface area contributed by atoms with Gasteiger partial charge >= 0.3 is 0 Å². The van der Waals surface area contributed by atoms with E-state index in [1.54, 1.807) is 24.3 Å². The molecule has 1 aliphatic heterocycles. The van der Waals surface area contributed by atoms with Crippen LogP contribution in [0.3, 0.4) is 0 Å². The number of hydrogen-bond acceptors (Lipinski definition) is 3. The maximum Gasteiger partial charge on any atom is 0.263 e. The number of nitrogens with one attached hydrogen (secondary N) is 1.